The van der Waals surface area contributed by atoms with Crippen molar-refractivity contribution in [1.82, 2.24) is 0 Å². The predicted molar refractivity (Wildman–Crippen MR) is 166 cm³/mol. The summed E-state index contributed by atoms with van der Waals surface area (Å²) in [7, 11) is 0. The minimum Gasteiger partial charge on any atom is -0.494 e. The Morgan fingerprint density at radius 1 is 0.721 bits per heavy atom. The average Bonchev–Trinajstić information content (AvgIpc) is 2.97. The van der Waals surface area contributed by atoms with Crippen LogP contribution < -0.4 is 9.47 Å². The van der Waals surface area contributed by atoms with Crippen LogP contribution in [0.1, 0.15) is 106 Å². The van der Waals surface area contributed by atoms with Crippen LogP contribution >= 0.6 is 0 Å². The number of hydrogen-bond acceptors (Lipinski definition) is 5. The molecular weight excluding hydrogens is 550 g/mol. The highest BCUT2D eigenvalue weighted by Gasteiger charge is 2.19. The summed E-state index contributed by atoms with van der Waals surface area (Å²) in [6.45, 7) is 8.99. The summed E-state index contributed by atoms with van der Waals surface area (Å²) >= 11 is 0. The van der Waals surface area contributed by atoms with Crippen LogP contribution in [0.15, 0.2) is 60.7 Å². The number of rotatable bonds is 17. The van der Waals surface area contributed by atoms with Crippen LogP contribution in [0.3, 0.4) is 0 Å². The minimum atomic E-state index is -0.867. The largest absolute Gasteiger partial charge is 0.494 e. The number of esters is 2. The molecule has 0 saturated heterocycles. The lowest BCUT2D eigenvalue weighted by atomic mass is 10.0. The van der Waals surface area contributed by atoms with Crippen molar-refractivity contribution in [1.29, 1.82) is 0 Å². The van der Waals surface area contributed by atoms with Gasteiger partial charge in [0.1, 0.15) is 23.1 Å². The van der Waals surface area contributed by atoms with E-state index in [1.807, 2.05) is 0 Å². The number of ether oxygens (including phenoxy) is 3. The van der Waals surface area contributed by atoms with Crippen LogP contribution in [0.4, 0.5) is 8.78 Å². The van der Waals surface area contributed by atoms with Gasteiger partial charge in [0.2, 0.25) is 0 Å². The lowest BCUT2D eigenvalue weighted by molar-refractivity contribution is 0.0314. The Morgan fingerprint density at radius 2 is 1.42 bits per heavy atom. The smallest absolute Gasteiger partial charge is 0.343 e. The van der Waals surface area contributed by atoms with Crippen LogP contribution in [0.2, 0.25) is 0 Å². The molecule has 1 unspecified atom stereocenters. The summed E-state index contributed by atoms with van der Waals surface area (Å²) < 4.78 is 46.1. The van der Waals surface area contributed by atoms with Crippen molar-refractivity contribution in [2.45, 2.75) is 91.6 Å². The molecule has 5 nitrogen and oxygen atoms in total. The van der Waals surface area contributed by atoms with Crippen LogP contribution in [-0.2, 0) is 4.74 Å². The highest BCUT2D eigenvalue weighted by molar-refractivity contribution is 5.92. The summed E-state index contributed by atoms with van der Waals surface area (Å²) in [5.74, 6) is -1.75. The Labute approximate surface area is 254 Å². The van der Waals surface area contributed by atoms with Gasteiger partial charge in [-0.05, 0) is 74.1 Å². The number of carbonyl (C=O) groups excluding carboxylic acids is 2. The molecule has 0 amide bonds. The molecule has 0 N–H and O–H groups in total. The fourth-order valence-electron chi connectivity index (χ4n) is 4.68. The summed E-state index contributed by atoms with van der Waals surface area (Å²) in [5.41, 5.74) is 0.694. The molecule has 0 radical (unpaired) electrons. The van der Waals surface area contributed by atoms with E-state index >= 15 is 0 Å². The maximum Gasteiger partial charge on any atom is 0.343 e. The molecular formula is C36H44F2O5. The molecule has 0 spiro atoms. The number of hydrogen-bond donors (Lipinski definition) is 0. The van der Waals surface area contributed by atoms with Gasteiger partial charge in [0.05, 0.1) is 23.8 Å². The summed E-state index contributed by atoms with van der Waals surface area (Å²) in [6.07, 6.45) is 9.13. The zero-order valence-electron chi connectivity index (χ0n) is 25.8. The highest BCUT2D eigenvalue weighted by atomic mass is 19.1. The van der Waals surface area contributed by atoms with E-state index < -0.39 is 23.6 Å². The molecule has 3 rings (SSSR count). The summed E-state index contributed by atoms with van der Waals surface area (Å²) in [6, 6.07) is 14.6. The molecule has 0 aliphatic rings. The molecule has 1 atom stereocenters. The number of benzene rings is 3. The van der Waals surface area contributed by atoms with Crippen molar-refractivity contribution in [2.75, 3.05) is 6.61 Å². The van der Waals surface area contributed by atoms with E-state index in [1.165, 1.54) is 37.1 Å². The first-order valence-electron chi connectivity index (χ1n) is 15.4. The van der Waals surface area contributed by atoms with Gasteiger partial charge >= 0.3 is 11.9 Å². The van der Waals surface area contributed by atoms with Crippen molar-refractivity contribution in [2.24, 2.45) is 5.92 Å². The third kappa shape index (κ3) is 11.1. The molecule has 0 aromatic heterocycles. The van der Waals surface area contributed by atoms with E-state index in [0.717, 1.165) is 56.4 Å². The standard InChI is InChI=1S/C36H44F2O5/c1-5-6-7-10-13-26(4)42-36(40)32-21-19-30(24-34(32)38)43-35(39)28-16-20-31(33(37)23-28)27-14-17-29(18-15-27)41-22-11-8-9-12-25(2)3/h14-21,23-26H,5-13,22H2,1-4H3. The van der Waals surface area contributed by atoms with Crippen molar-refractivity contribution < 1.29 is 32.6 Å². The fraction of sp³-hybridized carbons (Fsp3) is 0.444. The lowest BCUT2D eigenvalue weighted by Gasteiger charge is -2.14. The van der Waals surface area contributed by atoms with Crippen molar-refractivity contribution in [3.05, 3.63) is 83.4 Å². The maximum atomic E-state index is 15.0. The topological polar surface area (TPSA) is 61.8 Å². The molecule has 0 fully saturated rings. The van der Waals surface area contributed by atoms with Crippen LogP contribution in [0, 0.1) is 17.6 Å². The van der Waals surface area contributed by atoms with E-state index in [-0.39, 0.29) is 23.0 Å². The van der Waals surface area contributed by atoms with Crippen molar-refractivity contribution in [3.8, 4) is 22.6 Å². The van der Waals surface area contributed by atoms with Crippen LogP contribution in [0.5, 0.6) is 11.5 Å². The van der Waals surface area contributed by atoms with Gasteiger partial charge in [0, 0.05) is 11.6 Å². The number of unbranched alkanes of at least 4 members (excludes halogenated alkanes) is 5. The molecule has 0 heterocycles. The molecule has 232 valence electrons. The predicted octanol–water partition coefficient (Wildman–Crippen LogP) is 9.96. The fourth-order valence-corrected chi connectivity index (χ4v) is 4.68. The van der Waals surface area contributed by atoms with Crippen LogP contribution in [-0.4, -0.2) is 24.6 Å². The quantitative estimate of drug-likeness (QED) is 0.0884. The van der Waals surface area contributed by atoms with Gasteiger partial charge in [0.15, 0.2) is 0 Å². The SMILES string of the molecule is CCCCCCC(C)OC(=O)c1ccc(OC(=O)c2ccc(-c3ccc(OCCCCCC(C)C)cc3)c(F)c2)cc1F. The Kier molecular flexibility index (Phi) is 13.7. The monoisotopic (exact) mass is 594 g/mol. The van der Waals surface area contributed by atoms with Gasteiger partial charge in [-0.2, -0.15) is 0 Å². The first-order valence-corrected chi connectivity index (χ1v) is 15.4. The van der Waals surface area contributed by atoms with Gasteiger partial charge in [-0.3, -0.25) is 0 Å². The third-order valence-electron chi connectivity index (χ3n) is 7.21. The molecule has 0 aliphatic heterocycles. The van der Waals surface area contributed by atoms with E-state index in [9.17, 15) is 18.4 Å². The molecule has 3 aromatic rings. The second-order valence-corrected chi connectivity index (χ2v) is 11.4. The molecule has 0 saturated carbocycles. The Bertz CT molecular complexity index is 1320. The van der Waals surface area contributed by atoms with E-state index in [2.05, 4.69) is 20.8 Å². The Balaban J connectivity index is 1.53. The zero-order chi connectivity index (χ0) is 31.2. The highest BCUT2D eigenvalue weighted by Crippen LogP contribution is 2.27. The van der Waals surface area contributed by atoms with Gasteiger partial charge in [0.25, 0.3) is 0 Å². The number of halogens is 2. The summed E-state index contributed by atoms with van der Waals surface area (Å²) in [5, 5.41) is 0. The zero-order valence-corrected chi connectivity index (χ0v) is 25.8. The molecule has 3 aromatic carbocycles. The first-order chi connectivity index (χ1) is 20.7. The van der Waals surface area contributed by atoms with E-state index in [1.54, 1.807) is 31.2 Å². The van der Waals surface area contributed by atoms with E-state index in [0.29, 0.717) is 30.1 Å². The van der Waals surface area contributed by atoms with Gasteiger partial charge < -0.3 is 14.2 Å². The molecule has 43 heavy (non-hydrogen) atoms. The molecule has 0 bridgehead atoms. The molecule has 0 aliphatic carbocycles. The van der Waals surface area contributed by atoms with Gasteiger partial charge in [-0.15, -0.1) is 0 Å². The van der Waals surface area contributed by atoms with Crippen molar-refractivity contribution in [3.63, 3.8) is 0 Å². The summed E-state index contributed by atoms with van der Waals surface area (Å²) in [4.78, 5) is 25.1. The maximum absolute atomic E-state index is 15.0. The van der Waals surface area contributed by atoms with Crippen molar-refractivity contribution >= 4 is 11.9 Å². The van der Waals surface area contributed by atoms with E-state index in [4.69, 9.17) is 14.2 Å². The molecule has 7 heteroatoms. The minimum absolute atomic E-state index is 0.0283. The second kappa shape index (κ2) is 17.4. The Hall–Kier alpha value is -3.74. The number of carbonyl (C=O) groups is 2. The third-order valence-corrected chi connectivity index (χ3v) is 7.21. The van der Waals surface area contributed by atoms with Gasteiger partial charge in [-0.25, -0.2) is 18.4 Å². The Morgan fingerprint density at radius 3 is 2.09 bits per heavy atom. The van der Waals surface area contributed by atoms with Crippen LogP contribution in [0.25, 0.3) is 11.1 Å². The normalized spacial score (nSPS) is 11.8. The average molecular weight is 595 g/mol. The lowest BCUT2D eigenvalue weighted by Crippen LogP contribution is -2.16. The van der Waals surface area contributed by atoms with Gasteiger partial charge in [-0.1, -0.05) is 77.5 Å². The second-order valence-electron chi connectivity index (χ2n) is 11.4. The first kappa shape index (κ1) is 33.8.